The van der Waals surface area contributed by atoms with Gasteiger partial charge in [-0.05, 0) is 20.3 Å². The molecule has 0 saturated carbocycles. The Bertz CT molecular complexity index is 160. The van der Waals surface area contributed by atoms with Crippen LogP contribution in [0.3, 0.4) is 0 Å². The summed E-state index contributed by atoms with van der Waals surface area (Å²) in [7, 11) is -4.15. The Balaban J connectivity index is 3.70. The van der Waals surface area contributed by atoms with Crippen LogP contribution in [-0.2, 0) is 13.7 Å². The van der Waals surface area contributed by atoms with Crippen molar-refractivity contribution < 1.29 is 13.7 Å². The zero-order valence-electron chi connectivity index (χ0n) is 6.59. The summed E-state index contributed by atoms with van der Waals surface area (Å²) in [6, 6.07) is 0. The Morgan fingerprint density at radius 1 is 1.50 bits per heavy atom. The highest BCUT2D eigenvalue weighted by molar-refractivity contribution is 7.71. The van der Waals surface area contributed by atoms with Crippen molar-refractivity contribution in [3.63, 3.8) is 0 Å². The quantitative estimate of drug-likeness (QED) is 0.628. The highest BCUT2D eigenvalue weighted by Gasteiger charge is 2.11. The lowest BCUT2D eigenvalue weighted by molar-refractivity contribution is 0.353. The second kappa shape index (κ2) is 4.33. The molecule has 0 bridgehead atoms. The first-order valence-corrected chi connectivity index (χ1v) is 7.46. The van der Waals surface area contributed by atoms with E-state index in [9.17, 15) is 9.13 Å². The molecule has 5 heteroatoms. The summed E-state index contributed by atoms with van der Waals surface area (Å²) in [5.41, 5.74) is 0. The summed E-state index contributed by atoms with van der Waals surface area (Å²) in [5, 5.41) is 0. The average molecular weight is 184 g/mol. The molecule has 0 aromatic rings. The maximum atomic E-state index is 11.0. The predicted molar refractivity (Wildman–Crippen MR) is 44.9 cm³/mol. The molecule has 62 valence electrons. The highest BCUT2D eigenvalue weighted by atomic mass is 31.2. The molecule has 0 aliphatic heterocycles. The predicted octanol–water partition coefficient (Wildman–Crippen LogP) is 2.08. The molecule has 0 rings (SSSR count). The van der Waals surface area contributed by atoms with E-state index in [0.717, 1.165) is 0 Å². The lowest BCUT2D eigenvalue weighted by atomic mass is 10.9. The average Bonchev–Trinajstić information content (AvgIpc) is 1.59. The minimum atomic E-state index is -2.14. The van der Waals surface area contributed by atoms with E-state index in [-0.39, 0.29) is 5.90 Å². The van der Waals surface area contributed by atoms with Gasteiger partial charge in [-0.15, -0.1) is 0 Å². The first kappa shape index (κ1) is 10.4. The molecule has 0 saturated heterocycles. The van der Waals surface area contributed by atoms with Crippen LogP contribution in [-0.4, -0.2) is 25.8 Å². The van der Waals surface area contributed by atoms with Gasteiger partial charge in [0.2, 0.25) is 0 Å². The minimum Gasteiger partial charge on any atom is -0.330 e. The summed E-state index contributed by atoms with van der Waals surface area (Å²) in [6.07, 6.45) is 0. The van der Waals surface area contributed by atoms with E-state index in [1.165, 1.54) is 0 Å². The molecular weight excluding hydrogens is 170 g/mol. The van der Waals surface area contributed by atoms with Crippen LogP contribution in [0.15, 0.2) is 0 Å². The van der Waals surface area contributed by atoms with E-state index in [1.807, 2.05) is 0 Å². The van der Waals surface area contributed by atoms with Crippen LogP contribution in [0.25, 0.3) is 0 Å². The van der Waals surface area contributed by atoms with Crippen molar-refractivity contribution in [1.82, 2.24) is 0 Å². The third-order valence-corrected chi connectivity index (χ3v) is 5.50. The monoisotopic (exact) mass is 184 g/mol. The van der Waals surface area contributed by atoms with Gasteiger partial charge >= 0.3 is 0 Å². The van der Waals surface area contributed by atoms with E-state index in [0.29, 0.717) is 6.61 Å². The Kier molecular flexibility index (Phi) is 4.51. The van der Waals surface area contributed by atoms with Gasteiger partial charge in [0.15, 0.2) is 8.03 Å². The van der Waals surface area contributed by atoms with E-state index >= 15 is 0 Å². The first-order valence-electron chi connectivity index (χ1n) is 3.15. The molecular formula is C5H14O3P2. The Morgan fingerprint density at radius 3 is 2.30 bits per heavy atom. The van der Waals surface area contributed by atoms with Crippen molar-refractivity contribution in [2.24, 2.45) is 0 Å². The van der Waals surface area contributed by atoms with Gasteiger partial charge in [0.1, 0.15) is 0 Å². The van der Waals surface area contributed by atoms with Crippen LogP contribution < -0.4 is 0 Å². The van der Waals surface area contributed by atoms with Gasteiger partial charge in [0.05, 0.1) is 19.7 Å². The zero-order valence-corrected chi connectivity index (χ0v) is 8.48. The third-order valence-electron chi connectivity index (χ3n) is 0.815. The molecule has 1 unspecified atom stereocenters. The van der Waals surface area contributed by atoms with E-state index in [2.05, 4.69) is 0 Å². The highest BCUT2D eigenvalue weighted by Crippen LogP contribution is 2.45. The second-order valence-corrected chi connectivity index (χ2v) is 7.98. The molecule has 0 spiro atoms. The smallest absolute Gasteiger partial charge is 0.198 e. The molecule has 3 nitrogen and oxygen atoms in total. The fraction of sp³-hybridized carbons (Fsp3) is 1.00. The van der Waals surface area contributed by atoms with Crippen molar-refractivity contribution >= 4 is 15.2 Å². The standard InChI is InChI=1S/C5H14O3P2/c1-4-8-9(6)5-10(2,3)7/h9H,4-5H2,1-3H3. The minimum absolute atomic E-state index is 0.242. The summed E-state index contributed by atoms with van der Waals surface area (Å²) < 4.78 is 26.7. The summed E-state index contributed by atoms with van der Waals surface area (Å²) in [5.74, 6) is 0.242. The molecule has 0 heterocycles. The van der Waals surface area contributed by atoms with Gasteiger partial charge in [-0.2, -0.15) is 0 Å². The lowest BCUT2D eigenvalue weighted by Crippen LogP contribution is -1.83. The molecule has 0 aliphatic carbocycles. The van der Waals surface area contributed by atoms with E-state index in [4.69, 9.17) is 4.52 Å². The zero-order chi connectivity index (χ0) is 8.20. The molecule has 0 amide bonds. The Morgan fingerprint density at radius 2 is 2.00 bits per heavy atom. The second-order valence-electron chi connectivity index (χ2n) is 2.54. The Hall–Kier alpha value is 0.420. The van der Waals surface area contributed by atoms with Gasteiger partial charge in [-0.25, -0.2) is 0 Å². The molecule has 10 heavy (non-hydrogen) atoms. The van der Waals surface area contributed by atoms with Gasteiger partial charge in [0, 0.05) is 0 Å². The van der Waals surface area contributed by atoms with Crippen molar-refractivity contribution in [2.45, 2.75) is 6.92 Å². The van der Waals surface area contributed by atoms with Gasteiger partial charge in [-0.3, -0.25) is 4.57 Å². The van der Waals surface area contributed by atoms with Gasteiger partial charge in [0.25, 0.3) is 0 Å². The lowest BCUT2D eigenvalue weighted by Gasteiger charge is -2.04. The van der Waals surface area contributed by atoms with Crippen LogP contribution in [0, 0.1) is 0 Å². The fourth-order valence-corrected chi connectivity index (χ4v) is 3.69. The largest absolute Gasteiger partial charge is 0.330 e. The van der Waals surface area contributed by atoms with Crippen LogP contribution in [0.5, 0.6) is 0 Å². The van der Waals surface area contributed by atoms with Crippen LogP contribution in [0.1, 0.15) is 6.92 Å². The van der Waals surface area contributed by atoms with Crippen LogP contribution in [0.4, 0.5) is 0 Å². The van der Waals surface area contributed by atoms with Crippen molar-refractivity contribution in [1.29, 1.82) is 0 Å². The normalized spacial score (nSPS) is 15.1. The number of hydrogen-bond acceptors (Lipinski definition) is 3. The maximum Gasteiger partial charge on any atom is 0.198 e. The molecule has 1 atom stereocenters. The summed E-state index contributed by atoms with van der Waals surface area (Å²) in [4.78, 5) is 0. The first-order chi connectivity index (χ1) is 4.45. The SMILES string of the molecule is CCO[PH](=O)CP(C)(C)=O. The summed E-state index contributed by atoms with van der Waals surface area (Å²) in [6.45, 7) is 5.46. The van der Waals surface area contributed by atoms with Crippen LogP contribution >= 0.6 is 15.2 Å². The third kappa shape index (κ3) is 6.54. The number of rotatable bonds is 4. The maximum absolute atomic E-state index is 11.0. The van der Waals surface area contributed by atoms with E-state index < -0.39 is 15.2 Å². The topological polar surface area (TPSA) is 43.4 Å². The fourth-order valence-electron chi connectivity index (χ4n) is 0.518. The van der Waals surface area contributed by atoms with Crippen molar-refractivity contribution in [2.75, 3.05) is 25.8 Å². The molecule has 0 aromatic heterocycles. The molecule has 0 fully saturated rings. The van der Waals surface area contributed by atoms with Crippen molar-refractivity contribution in [3.8, 4) is 0 Å². The van der Waals surface area contributed by atoms with Crippen LogP contribution in [0.2, 0.25) is 0 Å². The molecule has 0 aromatic carbocycles. The van der Waals surface area contributed by atoms with Crippen molar-refractivity contribution in [3.05, 3.63) is 0 Å². The van der Waals surface area contributed by atoms with E-state index in [1.54, 1.807) is 20.3 Å². The van der Waals surface area contributed by atoms with Gasteiger partial charge in [-0.1, -0.05) is 0 Å². The Labute approximate surface area is 62.4 Å². The summed E-state index contributed by atoms with van der Waals surface area (Å²) >= 11 is 0. The molecule has 0 aliphatic rings. The molecule has 0 radical (unpaired) electrons. The number of hydrogen-bond donors (Lipinski definition) is 0. The van der Waals surface area contributed by atoms with Gasteiger partial charge < -0.3 is 9.09 Å². The molecule has 0 N–H and O–H groups in total.